The van der Waals surface area contributed by atoms with Crippen molar-refractivity contribution in [1.82, 2.24) is 5.32 Å². The number of hydrogen-bond donors (Lipinski definition) is 2. The second kappa shape index (κ2) is 6.47. The van der Waals surface area contributed by atoms with Crippen molar-refractivity contribution in [2.45, 2.75) is 18.9 Å². The molecule has 1 aromatic carbocycles. The number of benzene rings is 1. The Labute approximate surface area is 106 Å². The van der Waals surface area contributed by atoms with Gasteiger partial charge in [0.25, 0.3) is 0 Å². The van der Waals surface area contributed by atoms with Gasteiger partial charge in [-0.05, 0) is 44.1 Å². The standard InChI is InChI=1S/C12H15NO3.ClH/c14-12(15)9-2-1-3-11(8-9)16-10-4-6-13-7-5-10;/h1-3,8,10,13H,4-7H2,(H,14,15);1H. The van der Waals surface area contributed by atoms with Gasteiger partial charge in [-0.3, -0.25) is 0 Å². The van der Waals surface area contributed by atoms with Crippen molar-refractivity contribution < 1.29 is 14.6 Å². The third-order valence-corrected chi connectivity index (χ3v) is 2.67. The Morgan fingerprint density at radius 1 is 1.35 bits per heavy atom. The van der Waals surface area contributed by atoms with E-state index in [1.54, 1.807) is 24.3 Å². The molecule has 0 spiro atoms. The van der Waals surface area contributed by atoms with Crippen LogP contribution in [-0.4, -0.2) is 30.3 Å². The van der Waals surface area contributed by atoms with Gasteiger partial charge in [0.2, 0.25) is 0 Å². The summed E-state index contributed by atoms with van der Waals surface area (Å²) in [5.41, 5.74) is 0.270. The molecule has 0 aromatic heterocycles. The molecule has 0 bridgehead atoms. The van der Waals surface area contributed by atoms with Crippen molar-refractivity contribution >= 4 is 18.4 Å². The SMILES string of the molecule is Cl.O=C(O)c1cccc(OC2CCNCC2)c1. The van der Waals surface area contributed by atoms with E-state index in [1.165, 1.54) is 0 Å². The molecule has 1 saturated heterocycles. The van der Waals surface area contributed by atoms with Crippen molar-refractivity contribution in [3.63, 3.8) is 0 Å². The Kier molecular flexibility index (Phi) is 5.25. The van der Waals surface area contributed by atoms with Gasteiger partial charge < -0.3 is 15.2 Å². The first-order valence-electron chi connectivity index (χ1n) is 5.46. The summed E-state index contributed by atoms with van der Waals surface area (Å²) >= 11 is 0. The number of halogens is 1. The first-order valence-corrected chi connectivity index (χ1v) is 5.46. The molecule has 5 heteroatoms. The third-order valence-electron chi connectivity index (χ3n) is 2.67. The molecule has 2 N–H and O–H groups in total. The summed E-state index contributed by atoms with van der Waals surface area (Å²) in [6, 6.07) is 6.65. The Morgan fingerprint density at radius 2 is 2.06 bits per heavy atom. The van der Waals surface area contributed by atoms with Crippen molar-refractivity contribution in [2.75, 3.05) is 13.1 Å². The number of hydrogen-bond acceptors (Lipinski definition) is 3. The van der Waals surface area contributed by atoms with E-state index < -0.39 is 5.97 Å². The summed E-state index contributed by atoms with van der Waals surface area (Å²) in [7, 11) is 0. The Bertz CT molecular complexity index is 378. The fourth-order valence-electron chi connectivity index (χ4n) is 1.81. The quantitative estimate of drug-likeness (QED) is 0.869. The van der Waals surface area contributed by atoms with Crippen LogP contribution < -0.4 is 10.1 Å². The van der Waals surface area contributed by atoms with Gasteiger partial charge in [-0.2, -0.15) is 0 Å². The summed E-state index contributed by atoms with van der Waals surface area (Å²) in [6.07, 6.45) is 2.14. The second-order valence-corrected chi connectivity index (χ2v) is 3.90. The molecule has 1 heterocycles. The molecule has 1 fully saturated rings. The lowest BCUT2D eigenvalue weighted by Gasteiger charge is -2.23. The van der Waals surface area contributed by atoms with E-state index in [0.717, 1.165) is 25.9 Å². The molecule has 2 rings (SSSR count). The zero-order valence-corrected chi connectivity index (χ0v) is 10.2. The fraction of sp³-hybridized carbons (Fsp3) is 0.417. The smallest absolute Gasteiger partial charge is 0.335 e. The lowest BCUT2D eigenvalue weighted by Crippen LogP contribution is -2.34. The van der Waals surface area contributed by atoms with Gasteiger partial charge in [-0.25, -0.2) is 4.79 Å². The van der Waals surface area contributed by atoms with Crippen LogP contribution in [0, 0.1) is 0 Å². The molecule has 94 valence electrons. The molecule has 17 heavy (non-hydrogen) atoms. The van der Waals surface area contributed by atoms with Crippen LogP contribution in [-0.2, 0) is 0 Å². The zero-order valence-electron chi connectivity index (χ0n) is 9.39. The highest BCUT2D eigenvalue weighted by molar-refractivity contribution is 5.88. The average molecular weight is 258 g/mol. The van der Waals surface area contributed by atoms with Crippen LogP contribution in [0.1, 0.15) is 23.2 Å². The maximum Gasteiger partial charge on any atom is 0.335 e. The van der Waals surface area contributed by atoms with Crippen LogP contribution in [0.4, 0.5) is 0 Å². The number of aromatic carboxylic acids is 1. The van der Waals surface area contributed by atoms with Gasteiger partial charge in [-0.15, -0.1) is 12.4 Å². The summed E-state index contributed by atoms with van der Waals surface area (Å²) in [6.45, 7) is 1.92. The predicted molar refractivity (Wildman–Crippen MR) is 67.2 cm³/mol. The van der Waals surface area contributed by atoms with Gasteiger partial charge >= 0.3 is 5.97 Å². The first kappa shape index (κ1) is 13.8. The summed E-state index contributed by atoms with van der Waals surface area (Å²) in [5.74, 6) is -0.275. The number of carbonyl (C=O) groups is 1. The van der Waals surface area contributed by atoms with Gasteiger partial charge in [-0.1, -0.05) is 6.07 Å². The predicted octanol–water partition coefficient (Wildman–Crippen LogP) is 1.94. The van der Waals surface area contributed by atoms with Crippen molar-refractivity contribution in [2.24, 2.45) is 0 Å². The van der Waals surface area contributed by atoms with Crippen molar-refractivity contribution in [1.29, 1.82) is 0 Å². The van der Waals surface area contributed by atoms with Crippen molar-refractivity contribution in [3.05, 3.63) is 29.8 Å². The lowest BCUT2D eigenvalue weighted by molar-refractivity contribution is 0.0695. The summed E-state index contributed by atoms with van der Waals surface area (Å²) in [5, 5.41) is 12.1. The van der Waals surface area contributed by atoms with Crippen molar-refractivity contribution in [3.8, 4) is 5.75 Å². The number of ether oxygens (including phenoxy) is 1. The van der Waals surface area contributed by atoms with Crippen LogP contribution in [0.15, 0.2) is 24.3 Å². The number of carboxylic acid groups (broad SMARTS) is 1. The van der Waals surface area contributed by atoms with E-state index in [2.05, 4.69) is 5.32 Å². The maximum atomic E-state index is 10.8. The summed E-state index contributed by atoms with van der Waals surface area (Å²) < 4.78 is 5.74. The van der Waals surface area contributed by atoms with Crippen LogP contribution in [0.25, 0.3) is 0 Å². The molecular weight excluding hydrogens is 242 g/mol. The van der Waals surface area contributed by atoms with Gasteiger partial charge in [0.05, 0.1) is 5.56 Å². The average Bonchev–Trinajstić information content (AvgIpc) is 2.30. The Morgan fingerprint density at radius 3 is 2.71 bits per heavy atom. The normalized spacial score (nSPS) is 16.0. The van der Waals surface area contributed by atoms with Crippen LogP contribution in [0.5, 0.6) is 5.75 Å². The minimum atomic E-state index is -0.921. The lowest BCUT2D eigenvalue weighted by atomic mass is 10.1. The second-order valence-electron chi connectivity index (χ2n) is 3.90. The molecular formula is C12H16ClNO3. The van der Waals surface area contributed by atoms with Gasteiger partial charge in [0.1, 0.15) is 11.9 Å². The number of nitrogens with one attached hydrogen (secondary N) is 1. The third kappa shape index (κ3) is 3.91. The van der Waals surface area contributed by atoms with E-state index >= 15 is 0 Å². The van der Waals surface area contributed by atoms with E-state index in [-0.39, 0.29) is 24.1 Å². The highest BCUT2D eigenvalue weighted by Crippen LogP contribution is 2.18. The monoisotopic (exact) mass is 257 g/mol. The zero-order chi connectivity index (χ0) is 11.4. The molecule has 0 saturated carbocycles. The molecule has 0 atom stereocenters. The topological polar surface area (TPSA) is 58.6 Å². The molecule has 1 aliphatic rings. The molecule has 0 unspecified atom stereocenters. The van der Waals surface area contributed by atoms with Gasteiger partial charge in [0, 0.05) is 0 Å². The number of carboxylic acids is 1. The van der Waals surface area contributed by atoms with Crippen LogP contribution in [0.2, 0.25) is 0 Å². The minimum Gasteiger partial charge on any atom is -0.490 e. The molecule has 0 aliphatic carbocycles. The molecule has 4 nitrogen and oxygen atoms in total. The van der Waals surface area contributed by atoms with Gasteiger partial charge in [0.15, 0.2) is 0 Å². The van der Waals surface area contributed by atoms with Crippen LogP contribution >= 0.6 is 12.4 Å². The highest BCUT2D eigenvalue weighted by Gasteiger charge is 2.14. The molecule has 1 aliphatic heterocycles. The molecule has 1 aromatic rings. The minimum absolute atomic E-state index is 0. The molecule has 0 amide bonds. The Hall–Kier alpha value is -1.26. The fourth-order valence-corrected chi connectivity index (χ4v) is 1.81. The number of piperidine rings is 1. The maximum absolute atomic E-state index is 10.8. The molecule has 0 radical (unpaired) electrons. The Balaban J connectivity index is 0.00000144. The summed E-state index contributed by atoms with van der Waals surface area (Å²) in [4.78, 5) is 10.8. The van der Waals surface area contributed by atoms with Crippen LogP contribution in [0.3, 0.4) is 0 Å². The largest absolute Gasteiger partial charge is 0.490 e. The van der Waals surface area contributed by atoms with E-state index in [9.17, 15) is 4.79 Å². The van der Waals surface area contributed by atoms with E-state index in [1.807, 2.05) is 0 Å². The highest BCUT2D eigenvalue weighted by atomic mass is 35.5. The number of rotatable bonds is 3. The first-order chi connectivity index (χ1) is 7.75. The van der Waals surface area contributed by atoms with E-state index in [4.69, 9.17) is 9.84 Å². The van der Waals surface area contributed by atoms with E-state index in [0.29, 0.717) is 5.75 Å².